The van der Waals surface area contributed by atoms with Gasteiger partial charge < -0.3 is 0 Å². The predicted molar refractivity (Wildman–Crippen MR) is 127 cm³/mol. The van der Waals surface area contributed by atoms with Crippen LogP contribution in [-0.2, 0) is 31.9 Å². The summed E-state index contributed by atoms with van der Waals surface area (Å²) in [6, 6.07) is 40.6. The number of benzene rings is 4. The molecule has 1 aliphatic rings. The van der Waals surface area contributed by atoms with Crippen molar-refractivity contribution in [2.24, 2.45) is 0 Å². The van der Waals surface area contributed by atoms with Gasteiger partial charge in [0, 0.05) is 25.8 Å². The minimum Gasteiger partial charge on any atom is -0.256 e. The van der Waals surface area contributed by atoms with Gasteiger partial charge in [0.15, 0.2) is 0 Å². The fourth-order valence-electron chi connectivity index (χ4n) is 5.17. The van der Waals surface area contributed by atoms with Gasteiger partial charge >= 0.3 is 0 Å². The zero-order valence-electron chi connectivity index (χ0n) is 17.8. The van der Waals surface area contributed by atoms with Crippen molar-refractivity contribution in [1.29, 1.82) is 0 Å². The van der Waals surface area contributed by atoms with E-state index in [1.54, 1.807) is 0 Å². The maximum absolute atomic E-state index is 5.18. The monoisotopic (exact) mass is 589 g/mol. The van der Waals surface area contributed by atoms with E-state index in [4.69, 9.17) is 4.98 Å². The molecule has 1 aromatic heterocycles. The third kappa shape index (κ3) is 2.91. The normalized spacial score (nSPS) is 13.3. The van der Waals surface area contributed by atoms with Crippen LogP contribution in [0.2, 0.25) is 0 Å². The molecule has 0 saturated carbocycles. The molecule has 0 saturated heterocycles. The minimum absolute atomic E-state index is 0. The van der Waals surface area contributed by atoms with Gasteiger partial charge in [0.05, 0.1) is 11.1 Å². The summed E-state index contributed by atoms with van der Waals surface area (Å²) in [7, 11) is 0. The molecule has 1 heterocycles. The molecule has 0 fully saturated rings. The SMILES string of the molecule is CCc1cccc(C2(c3[c-]cc4ccccc4c3)c3ccccc3-c3ccccc32)n1.[Ir]. The van der Waals surface area contributed by atoms with Gasteiger partial charge in [-0.2, -0.15) is 18.2 Å². The van der Waals surface area contributed by atoms with Crippen molar-refractivity contribution in [2.45, 2.75) is 18.8 Å². The summed E-state index contributed by atoms with van der Waals surface area (Å²) in [5.74, 6) is 0. The van der Waals surface area contributed by atoms with Gasteiger partial charge in [0.1, 0.15) is 0 Å². The van der Waals surface area contributed by atoms with Crippen LogP contribution in [0.15, 0.2) is 103 Å². The Morgan fingerprint density at radius 1 is 0.719 bits per heavy atom. The fraction of sp³-hybridized carbons (Fsp3) is 0.100. The third-order valence-electron chi connectivity index (χ3n) is 6.59. The van der Waals surface area contributed by atoms with Crippen LogP contribution < -0.4 is 0 Å². The second-order valence-corrected chi connectivity index (χ2v) is 8.18. The molecule has 1 radical (unpaired) electrons. The number of fused-ring (bicyclic) bond motifs is 4. The second kappa shape index (κ2) is 8.13. The number of hydrogen-bond donors (Lipinski definition) is 0. The van der Waals surface area contributed by atoms with E-state index in [0.717, 1.165) is 23.4 Å². The maximum atomic E-state index is 5.18. The molecular weight excluding hydrogens is 567 g/mol. The van der Waals surface area contributed by atoms with Crippen molar-refractivity contribution >= 4 is 10.8 Å². The molecule has 0 unspecified atom stereocenters. The van der Waals surface area contributed by atoms with Crippen molar-refractivity contribution in [3.63, 3.8) is 0 Å². The third-order valence-corrected chi connectivity index (χ3v) is 6.59. The van der Waals surface area contributed by atoms with Crippen LogP contribution in [0, 0.1) is 6.07 Å². The van der Waals surface area contributed by atoms with Crippen LogP contribution >= 0.6 is 0 Å². The molecule has 4 aromatic carbocycles. The van der Waals surface area contributed by atoms with Crippen LogP contribution in [0.1, 0.15) is 35.0 Å². The Bertz CT molecular complexity index is 1390. The number of rotatable bonds is 3. The molecule has 0 spiro atoms. The van der Waals surface area contributed by atoms with Crippen LogP contribution in [-0.4, -0.2) is 4.98 Å². The van der Waals surface area contributed by atoms with E-state index in [-0.39, 0.29) is 20.1 Å². The summed E-state index contributed by atoms with van der Waals surface area (Å²) in [6.45, 7) is 2.16. The first-order valence-corrected chi connectivity index (χ1v) is 10.9. The van der Waals surface area contributed by atoms with E-state index < -0.39 is 5.41 Å². The van der Waals surface area contributed by atoms with Gasteiger partial charge in [-0.05, 0) is 40.8 Å². The van der Waals surface area contributed by atoms with Crippen molar-refractivity contribution in [3.05, 3.63) is 137 Å². The quantitative estimate of drug-likeness (QED) is 0.204. The molecule has 0 atom stereocenters. The predicted octanol–water partition coefficient (Wildman–Crippen LogP) is 6.96. The molecule has 32 heavy (non-hydrogen) atoms. The molecule has 6 rings (SSSR count). The zero-order chi connectivity index (χ0) is 20.8. The average Bonchev–Trinajstić information content (AvgIpc) is 3.15. The van der Waals surface area contributed by atoms with E-state index in [0.29, 0.717) is 0 Å². The van der Waals surface area contributed by atoms with Crippen LogP contribution in [0.5, 0.6) is 0 Å². The number of nitrogens with zero attached hydrogens (tertiary/aromatic N) is 1. The summed E-state index contributed by atoms with van der Waals surface area (Å²) < 4.78 is 0. The summed E-state index contributed by atoms with van der Waals surface area (Å²) in [6.07, 6.45) is 0.911. The Morgan fingerprint density at radius 2 is 1.34 bits per heavy atom. The first kappa shape index (κ1) is 20.8. The summed E-state index contributed by atoms with van der Waals surface area (Å²) in [5, 5.41) is 2.43. The standard InChI is InChI=1S/C30H22N.Ir/c1-2-24-12-9-17-29(31-24)30(23-19-18-21-10-3-4-11-22(21)20-23)27-15-7-5-13-25(27)26-14-6-8-16-28(26)30;/h3-18,20H,2H2,1H3;/q-1;. The average molecular weight is 589 g/mol. The molecule has 0 bridgehead atoms. The molecule has 5 aromatic rings. The number of aromatic nitrogens is 1. The van der Waals surface area contributed by atoms with Gasteiger partial charge in [0.25, 0.3) is 0 Å². The van der Waals surface area contributed by atoms with Crippen LogP contribution in [0.25, 0.3) is 21.9 Å². The van der Waals surface area contributed by atoms with E-state index in [9.17, 15) is 0 Å². The Hall–Kier alpha value is -3.06. The summed E-state index contributed by atoms with van der Waals surface area (Å²) in [5.41, 5.74) is 7.96. The first-order chi connectivity index (χ1) is 15.3. The van der Waals surface area contributed by atoms with Crippen LogP contribution in [0.3, 0.4) is 0 Å². The second-order valence-electron chi connectivity index (χ2n) is 8.18. The molecule has 1 nitrogen and oxygen atoms in total. The molecule has 0 amide bonds. The first-order valence-electron chi connectivity index (χ1n) is 10.9. The molecule has 0 N–H and O–H groups in total. The molecule has 1 aliphatic carbocycles. The van der Waals surface area contributed by atoms with Gasteiger partial charge in [-0.25, -0.2) is 0 Å². The molecule has 157 valence electrons. The smallest absolute Gasteiger partial charge is 0.0662 e. The Balaban J connectivity index is 0.00000216. The van der Waals surface area contributed by atoms with E-state index in [1.165, 1.54) is 33.0 Å². The molecule has 0 aliphatic heterocycles. The largest absolute Gasteiger partial charge is 0.256 e. The van der Waals surface area contributed by atoms with Crippen molar-refractivity contribution < 1.29 is 20.1 Å². The fourth-order valence-corrected chi connectivity index (χ4v) is 5.17. The van der Waals surface area contributed by atoms with Crippen molar-refractivity contribution in [2.75, 3.05) is 0 Å². The van der Waals surface area contributed by atoms with Gasteiger partial charge in [-0.3, -0.25) is 4.98 Å². The zero-order valence-corrected chi connectivity index (χ0v) is 20.2. The maximum Gasteiger partial charge on any atom is 0.0662 e. The Kier molecular flexibility index (Phi) is 5.29. The van der Waals surface area contributed by atoms with Crippen LogP contribution in [0.4, 0.5) is 0 Å². The van der Waals surface area contributed by atoms with E-state index in [2.05, 4.69) is 116 Å². The molecule has 2 heteroatoms. The molecular formula is C30H22IrN-. The number of pyridine rings is 1. The van der Waals surface area contributed by atoms with Crippen molar-refractivity contribution in [1.82, 2.24) is 4.98 Å². The Morgan fingerprint density at radius 3 is 2.03 bits per heavy atom. The van der Waals surface area contributed by atoms with E-state index >= 15 is 0 Å². The van der Waals surface area contributed by atoms with E-state index in [1.807, 2.05) is 0 Å². The summed E-state index contributed by atoms with van der Waals surface area (Å²) in [4.78, 5) is 5.18. The van der Waals surface area contributed by atoms with Crippen molar-refractivity contribution in [3.8, 4) is 11.1 Å². The Labute approximate surface area is 202 Å². The van der Waals surface area contributed by atoms with Gasteiger partial charge in [0.2, 0.25) is 0 Å². The number of hydrogen-bond acceptors (Lipinski definition) is 1. The van der Waals surface area contributed by atoms with Gasteiger partial charge in [-0.1, -0.05) is 79.7 Å². The topological polar surface area (TPSA) is 12.9 Å². The summed E-state index contributed by atoms with van der Waals surface area (Å²) >= 11 is 0. The number of aryl methyl sites for hydroxylation is 1. The minimum atomic E-state index is -0.484. The van der Waals surface area contributed by atoms with Gasteiger partial charge in [-0.15, -0.1) is 22.4 Å².